The average molecular weight is 246 g/mol. The lowest BCUT2D eigenvalue weighted by Crippen LogP contribution is -2.44. The molecule has 1 aliphatic rings. The Bertz CT molecular complexity index is 260. The Balaban J connectivity index is 2.31. The largest absolute Gasteiger partial charge is 0.481 e. The van der Waals surface area contributed by atoms with Gasteiger partial charge in [-0.2, -0.15) is 11.8 Å². The molecule has 1 unspecified atom stereocenters. The third-order valence-electron chi connectivity index (χ3n) is 2.61. The van der Waals surface area contributed by atoms with Crippen molar-refractivity contribution < 1.29 is 14.7 Å². The fourth-order valence-electron chi connectivity index (χ4n) is 1.85. The molecule has 0 aromatic carbocycles. The van der Waals surface area contributed by atoms with Crippen LogP contribution in [0.3, 0.4) is 0 Å². The van der Waals surface area contributed by atoms with Crippen molar-refractivity contribution in [1.29, 1.82) is 0 Å². The van der Waals surface area contributed by atoms with Crippen molar-refractivity contribution in [2.24, 2.45) is 0 Å². The molecule has 0 aromatic heterocycles. The van der Waals surface area contributed by atoms with Crippen molar-refractivity contribution in [2.45, 2.75) is 25.3 Å². The van der Waals surface area contributed by atoms with Crippen molar-refractivity contribution in [3.63, 3.8) is 0 Å². The number of carbonyl (C=O) groups is 2. The second-order valence-corrected chi connectivity index (χ2v) is 4.73. The fourth-order valence-corrected chi connectivity index (χ4v) is 2.58. The lowest BCUT2D eigenvalue weighted by atomic mass is 10.2. The highest BCUT2D eigenvalue weighted by Crippen LogP contribution is 2.19. The Hall–Kier alpha value is -0.910. The van der Waals surface area contributed by atoms with Crippen molar-refractivity contribution >= 4 is 23.8 Å². The molecule has 1 saturated heterocycles. The number of carboxylic acid groups (broad SMARTS) is 1. The molecule has 1 rings (SSSR count). The quantitative estimate of drug-likeness (QED) is 0.759. The minimum Gasteiger partial charge on any atom is -0.481 e. The molecule has 0 bridgehead atoms. The second kappa shape index (κ2) is 6.62. The maximum Gasteiger partial charge on any atom is 0.317 e. The van der Waals surface area contributed by atoms with Gasteiger partial charge in [-0.3, -0.25) is 4.79 Å². The predicted octanol–water partition coefficient (Wildman–Crippen LogP) is 0.998. The highest BCUT2D eigenvalue weighted by atomic mass is 32.2. The number of amides is 2. The molecule has 92 valence electrons. The molecule has 5 nitrogen and oxygen atoms in total. The van der Waals surface area contributed by atoms with Gasteiger partial charge in [-0.25, -0.2) is 4.79 Å². The zero-order valence-electron chi connectivity index (χ0n) is 9.44. The number of rotatable bonds is 5. The smallest absolute Gasteiger partial charge is 0.317 e. The number of nitrogens with one attached hydrogen (secondary N) is 1. The summed E-state index contributed by atoms with van der Waals surface area (Å²) in [6, 6.07) is 0.178. The summed E-state index contributed by atoms with van der Waals surface area (Å²) in [7, 11) is 0. The van der Waals surface area contributed by atoms with Crippen LogP contribution in [-0.4, -0.2) is 53.1 Å². The lowest BCUT2D eigenvalue weighted by molar-refractivity contribution is -0.136. The van der Waals surface area contributed by atoms with Gasteiger partial charge in [0.2, 0.25) is 0 Å². The first-order valence-electron chi connectivity index (χ1n) is 5.40. The third-order valence-corrected chi connectivity index (χ3v) is 3.33. The van der Waals surface area contributed by atoms with E-state index in [1.165, 1.54) is 0 Å². The predicted molar refractivity (Wildman–Crippen MR) is 63.8 cm³/mol. The SMILES string of the molecule is CSCC1CCCN1C(=O)NCCC(=O)O. The summed E-state index contributed by atoms with van der Waals surface area (Å²) in [5.41, 5.74) is 0. The number of nitrogens with zero attached hydrogens (tertiary/aromatic N) is 1. The normalized spacial score (nSPS) is 19.8. The van der Waals surface area contributed by atoms with Crippen LogP contribution in [0, 0.1) is 0 Å². The summed E-state index contributed by atoms with van der Waals surface area (Å²) >= 11 is 1.73. The molecular formula is C10H18N2O3S. The summed E-state index contributed by atoms with van der Waals surface area (Å²) in [6.45, 7) is 0.987. The van der Waals surface area contributed by atoms with E-state index >= 15 is 0 Å². The van der Waals surface area contributed by atoms with E-state index in [1.807, 2.05) is 11.2 Å². The van der Waals surface area contributed by atoms with Gasteiger partial charge in [0.25, 0.3) is 0 Å². The number of carbonyl (C=O) groups excluding carboxylic acids is 1. The highest BCUT2D eigenvalue weighted by molar-refractivity contribution is 7.98. The number of aliphatic carboxylic acids is 1. The molecule has 2 amide bonds. The number of urea groups is 1. The van der Waals surface area contributed by atoms with Crippen molar-refractivity contribution in [1.82, 2.24) is 10.2 Å². The molecule has 0 saturated carbocycles. The van der Waals surface area contributed by atoms with Crippen molar-refractivity contribution in [2.75, 3.05) is 25.1 Å². The van der Waals surface area contributed by atoms with Crippen LogP contribution in [-0.2, 0) is 4.79 Å². The van der Waals surface area contributed by atoms with Gasteiger partial charge >= 0.3 is 12.0 Å². The summed E-state index contributed by atoms with van der Waals surface area (Å²) in [6.07, 6.45) is 4.09. The van der Waals surface area contributed by atoms with Crippen molar-refractivity contribution in [3.05, 3.63) is 0 Å². The number of hydrogen-bond acceptors (Lipinski definition) is 3. The first kappa shape index (κ1) is 13.2. The summed E-state index contributed by atoms with van der Waals surface area (Å²) in [4.78, 5) is 23.8. The Labute approximate surface area is 99.6 Å². The van der Waals surface area contributed by atoms with E-state index in [0.29, 0.717) is 6.04 Å². The van der Waals surface area contributed by atoms with Crippen LogP contribution in [0.15, 0.2) is 0 Å². The van der Waals surface area contributed by atoms with Crippen LogP contribution < -0.4 is 5.32 Å². The molecule has 1 fully saturated rings. The minimum atomic E-state index is -0.887. The zero-order chi connectivity index (χ0) is 12.0. The monoisotopic (exact) mass is 246 g/mol. The zero-order valence-corrected chi connectivity index (χ0v) is 10.3. The molecule has 1 atom stereocenters. The summed E-state index contributed by atoms with van der Waals surface area (Å²) in [5.74, 6) is 0.0641. The van der Waals surface area contributed by atoms with Gasteiger partial charge in [0.1, 0.15) is 0 Å². The van der Waals surface area contributed by atoms with E-state index in [2.05, 4.69) is 5.32 Å². The van der Waals surface area contributed by atoms with Gasteiger partial charge in [0.05, 0.1) is 6.42 Å². The Morgan fingerprint density at radius 2 is 2.31 bits per heavy atom. The topological polar surface area (TPSA) is 69.6 Å². The molecule has 0 aromatic rings. The van der Waals surface area contributed by atoms with Crippen LogP contribution in [0.2, 0.25) is 0 Å². The molecule has 1 heterocycles. The molecule has 0 spiro atoms. The number of carboxylic acids is 1. The molecule has 6 heteroatoms. The van der Waals surface area contributed by atoms with Crippen LogP contribution in [0.5, 0.6) is 0 Å². The fraction of sp³-hybridized carbons (Fsp3) is 0.800. The van der Waals surface area contributed by atoms with Gasteiger partial charge in [-0.1, -0.05) is 0 Å². The maximum absolute atomic E-state index is 11.7. The van der Waals surface area contributed by atoms with E-state index in [1.54, 1.807) is 11.8 Å². The van der Waals surface area contributed by atoms with Crippen LogP contribution in [0.4, 0.5) is 4.79 Å². The van der Waals surface area contributed by atoms with Crippen molar-refractivity contribution in [3.8, 4) is 0 Å². The minimum absolute atomic E-state index is 0.0211. The van der Waals surface area contributed by atoms with E-state index < -0.39 is 5.97 Å². The summed E-state index contributed by atoms with van der Waals surface area (Å²) < 4.78 is 0. The molecule has 0 aliphatic carbocycles. The van der Waals surface area contributed by atoms with Gasteiger partial charge < -0.3 is 15.3 Å². The van der Waals surface area contributed by atoms with Crippen LogP contribution in [0.25, 0.3) is 0 Å². The maximum atomic E-state index is 11.7. The first-order valence-corrected chi connectivity index (χ1v) is 6.79. The third kappa shape index (κ3) is 3.92. The standard InChI is InChI=1S/C10H18N2O3S/c1-16-7-8-3-2-6-12(8)10(15)11-5-4-9(13)14/h8H,2-7H2,1H3,(H,11,15)(H,13,14). The Kier molecular flexibility index (Phi) is 5.45. The van der Waals surface area contributed by atoms with Gasteiger partial charge in [-0.15, -0.1) is 0 Å². The second-order valence-electron chi connectivity index (χ2n) is 3.82. The number of thioether (sulfide) groups is 1. The first-order chi connectivity index (χ1) is 7.65. The van der Waals surface area contributed by atoms with Gasteiger partial charge in [0.15, 0.2) is 0 Å². The molecule has 0 radical (unpaired) electrons. The van der Waals surface area contributed by atoms with Gasteiger partial charge in [0, 0.05) is 24.9 Å². The average Bonchev–Trinajstić information content (AvgIpc) is 2.66. The van der Waals surface area contributed by atoms with E-state index in [9.17, 15) is 9.59 Å². The molecular weight excluding hydrogens is 228 g/mol. The molecule has 2 N–H and O–H groups in total. The number of likely N-dealkylation sites (tertiary alicyclic amines) is 1. The highest BCUT2D eigenvalue weighted by Gasteiger charge is 2.27. The van der Waals surface area contributed by atoms with E-state index in [-0.39, 0.29) is 19.0 Å². The van der Waals surface area contributed by atoms with Gasteiger partial charge in [-0.05, 0) is 19.1 Å². The van der Waals surface area contributed by atoms with Crippen LogP contribution in [0.1, 0.15) is 19.3 Å². The summed E-state index contributed by atoms with van der Waals surface area (Å²) in [5, 5.41) is 11.1. The molecule has 1 aliphatic heterocycles. The Morgan fingerprint density at radius 3 is 2.94 bits per heavy atom. The Morgan fingerprint density at radius 1 is 1.56 bits per heavy atom. The molecule has 16 heavy (non-hydrogen) atoms. The number of hydrogen-bond donors (Lipinski definition) is 2. The van der Waals surface area contributed by atoms with E-state index in [4.69, 9.17) is 5.11 Å². The van der Waals surface area contributed by atoms with E-state index in [0.717, 1.165) is 25.1 Å². The lowest BCUT2D eigenvalue weighted by Gasteiger charge is -2.24. The van der Waals surface area contributed by atoms with Crippen LogP contribution >= 0.6 is 11.8 Å².